The van der Waals surface area contributed by atoms with E-state index >= 15 is 0 Å². The number of hydrogen-bond donors (Lipinski definition) is 0. The summed E-state index contributed by atoms with van der Waals surface area (Å²) >= 11 is 0. The monoisotopic (exact) mass is 428 g/mol. The maximum absolute atomic E-state index is 12.4. The lowest BCUT2D eigenvalue weighted by Gasteiger charge is -2.06. The van der Waals surface area contributed by atoms with Crippen molar-refractivity contribution in [3.8, 4) is 22.9 Å². The first-order valence-corrected chi connectivity index (χ1v) is 10.1. The van der Waals surface area contributed by atoms with Gasteiger partial charge in [-0.3, -0.25) is 0 Å². The number of aromatic nitrogens is 2. The number of ether oxygens (including phenoxy) is 2. The normalized spacial score (nSPS) is 10.5. The summed E-state index contributed by atoms with van der Waals surface area (Å²) in [5.74, 6) is -0.0432. The van der Waals surface area contributed by atoms with Crippen molar-refractivity contribution < 1.29 is 23.5 Å². The third-order valence-corrected chi connectivity index (χ3v) is 4.65. The van der Waals surface area contributed by atoms with Gasteiger partial charge in [0.05, 0.1) is 17.7 Å². The zero-order chi connectivity index (χ0) is 22.3. The summed E-state index contributed by atoms with van der Waals surface area (Å²) in [5, 5.41) is 8.15. The van der Waals surface area contributed by atoms with E-state index in [9.17, 15) is 9.59 Å². The minimum Gasteiger partial charge on any atom is -0.462 e. The lowest BCUT2D eigenvalue weighted by Crippen LogP contribution is -2.06. The Morgan fingerprint density at radius 1 is 0.719 bits per heavy atom. The van der Waals surface area contributed by atoms with Crippen molar-refractivity contribution >= 4 is 11.9 Å². The highest BCUT2D eigenvalue weighted by atomic mass is 16.5. The van der Waals surface area contributed by atoms with Crippen LogP contribution >= 0.6 is 0 Å². The molecule has 0 fully saturated rings. The zero-order valence-electron chi connectivity index (χ0n) is 17.4. The van der Waals surface area contributed by atoms with Crippen molar-refractivity contribution in [1.82, 2.24) is 10.2 Å². The largest absolute Gasteiger partial charge is 0.462 e. The molecule has 0 aliphatic rings. The number of hydrogen-bond acceptors (Lipinski definition) is 7. The molecule has 160 valence electrons. The molecule has 1 heterocycles. The van der Waals surface area contributed by atoms with E-state index in [1.165, 1.54) is 0 Å². The van der Waals surface area contributed by atoms with Crippen LogP contribution in [0.2, 0.25) is 0 Å². The summed E-state index contributed by atoms with van der Waals surface area (Å²) in [6.07, 6.45) is 0. The molecule has 0 spiro atoms. The van der Waals surface area contributed by atoms with E-state index in [2.05, 4.69) is 10.2 Å². The van der Waals surface area contributed by atoms with Crippen LogP contribution in [0.15, 0.2) is 83.3 Å². The Bertz CT molecular complexity index is 1200. The molecule has 0 radical (unpaired) electrons. The fourth-order valence-corrected chi connectivity index (χ4v) is 2.97. The molecule has 4 rings (SSSR count). The third-order valence-electron chi connectivity index (χ3n) is 4.65. The van der Waals surface area contributed by atoms with Crippen LogP contribution in [-0.2, 0) is 16.1 Å². The van der Waals surface area contributed by atoms with Crippen molar-refractivity contribution in [3.63, 3.8) is 0 Å². The van der Waals surface area contributed by atoms with Crippen molar-refractivity contribution in [2.75, 3.05) is 6.61 Å². The topological polar surface area (TPSA) is 91.5 Å². The van der Waals surface area contributed by atoms with Gasteiger partial charge < -0.3 is 13.9 Å². The summed E-state index contributed by atoms with van der Waals surface area (Å²) in [6, 6.07) is 23.0. The second kappa shape index (κ2) is 9.70. The lowest BCUT2D eigenvalue weighted by molar-refractivity contribution is 0.0469. The highest BCUT2D eigenvalue weighted by Crippen LogP contribution is 2.24. The summed E-state index contributed by atoms with van der Waals surface area (Å²) in [6.45, 7) is 2.16. The van der Waals surface area contributed by atoms with Crippen LogP contribution in [0.5, 0.6) is 0 Å². The molecular weight excluding hydrogens is 408 g/mol. The average molecular weight is 428 g/mol. The Labute approximate surface area is 184 Å². The first-order chi connectivity index (χ1) is 15.6. The standard InChI is InChI=1S/C25H20N2O5/c1-2-30-24(28)20-10-8-17(9-11-20)16-31-25(29)21-14-12-19(13-15-21)23-27-26-22(32-23)18-6-4-3-5-7-18/h3-15H,2,16H2,1H3. The molecule has 0 atom stereocenters. The summed E-state index contributed by atoms with van der Waals surface area (Å²) in [4.78, 5) is 24.1. The predicted molar refractivity (Wildman–Crippen MR) is 117 cm³/mol. The Hall–Kier alpha value is -4.26. The molecule has 1 aromatic heterocycles. The third kappa shape index (κ3) is 4.89. The molecule has 0 saturated carbocycles. The number of benzene rings is 3. The highest BCUT2D eigenvalue weighted by molar-refractivity contribution is 5.90. The van der Waals surface area contributed by atoms with E-state index in [4.69, 9.17) is 13.9 Å². The maximum atomic E-state index is 12.4. The zero-order valence-corrected chi connectivity index (χ0v) is 17.4. The molecular formula is C25H20N2O5. The van der Waals surface area contributed by atoms with Gasteiger partial charge in [0, 0.05) is 11.1 Å². The van der Waals surface area contributed by atoms with Crippen molar-refractivity contribution in [2.24, 2.45) is 0 Å². The Morgan fingerprint density at radius 2 is 1.25 bits per heavy atom. The first-order valence-electron chi connectivity index (χ1n) is 10.1. The second-order valence-electron chi connectivity index (χ2n) is 6.85. The predicted octanol–water partition coefficient (Wildman–Crippen LogP) is 4.94. The smallest absolute Gasteiger partial charge is 0.338 e. The lowest BCUT2D eigenvalue weighted by atomic mass is 10.1. The second-order valence-corrected chi connectivity index (χ2v) is 6.85. The Kier molecular flexibility index (Phi) is 6.36. The van der Waals surface area contributed by atoms with E-state index in [-0.39, 0.29) is 12.6 Å². The average Bonchev–Trinajstić information content (AvgIpc) is 3.34. The molecule has 0 saturated heterocycles. The van der Waals surface area contributed by atoms with Crippen LogP contribution in [0.4, 0.5) is 0 Å². The molecule has 7 heteroatoms. The molecule has 0 unspecified atom stereocenters. The van der Waals surface area contributed by atoms with Crippen LogP contribution in [-0.4, -0.2) is 28.7 Å². The van der Waals surface area contributed by atoms with Crippen molar-refractivity contribution in [2.45, 2.75) is 13.5 Å². The van der Waals surface area contributed by atoms with Crippen LogP contribution in [0, 0.1) is 0 Å². The maximum Gasteiger partial charge on any atom is 0.338 e. The van der Waals surface area contributed by atoms with Gasteiger partial charge in [-0.1, -0.05) is 30.3 Å². The van der Waals surface area contributed by atoms with E-state index < -0.39 is 5.97 Å². The van der Waals surface area contributed by atoms with Crippen molar-refractivity contribution in [1.29, 1.82) is 0 Å². The van der Waals surface area contributed by atoms with E-state index in [0.717, 1.165) is 11.1 Å². The Morgan fingerprint density at radius 3 is 1.84 bits per heavy atom. The SMILES string of the molecule is CCOC(=O)c1ccc(COC(=O)c2ccc(-c3nnc(-c4ccccc4)o3)cc2)cc1. The minimum atomic E-state index is -0.457. The molecule has 0 N–H and O–H groups in total. The number of rotatable bonds is 7. The van der Waals surface area contributed by atoms with Gasteiger partial charge >= 0.3 is 11.9 Å². The van der Waals surface area contributed by atoms with Gasteiger partial charge in [0.25, 0.3) is 0 Å². The van der Waals surface area contributed by atoms with Crippen LogP contribution < -0.4 is 0 Å². The number of nitrogens with zero attached hydrogens (tertiary/aromatic N) is 2. The molecule has 7 nitrogen and oxygen atoms in total. The Balaban J connectivity index is 1.36. The van der Waals surface area contributed by atoms with Crippen LogP contribution in [0.1, 0.15) is 33.2 Å². The number of esters is 2. The quantitative estimate of drug-likeness (QED) is 0.385. The van der Waals surface area contributed by atoms with E-state index in [0.29, 0.717) is 35.1 Å². The van der Waals surface area contributed by atoms with Gasteiger partial charge in [0.1, 0.15) is 6.61 Å². The minimum absolute atomic E-state index is 0.0911. The molecule has 0 amide bonds. The van der Waals surface area contributed by atoms with Gasteiger partial charge in [0.2, 0.25) is 11.8 Å². The summed E-state index contributed by atoms with van der Waals surface area (Å²) in [5.41, 5.74) is 3.16. The van der Waals surface area contributed by atoms with Gasteiger partial charge in [-0.2, -0.15) is 0 Å². The van der Waals surface area contributed by atoms with E-state index in [1.54, 1.807) is 55.5 Å². The van der Waals surface area contributed by atoms with E-state index in [1.807, 2.05) is 30.3 Å². The summed E-state index contributed by atoms with van der Waals surface area (Å²) < 4.78 is 16.0. The fraction of sp³-hybridized carbons (Fsp3) is 0.120. The molecule has 0 aliphatic heterocycles. The highest BCUT2D eigenvalue weighted by Gasteiger charge is 2.13. The number of carbonyl (C=O) groups excluding carboxylic acids is 2. The van der Waals surface area contributed by atoms with Crippen molar-refractivity contribution in [3.05, 3.63) is 95.6 Å². The number of carbonyl (C=O) groups is 2. The van der Waals surface area contributed by atoms with Gasteiger partial charge in [-0.15, -0.1) is 10.2 Å². The van der Waals surface area contributed by atoms with Crippen LogP contribution in [0.25, 0.3) is 22.9 Å². The first kappa shape index (κ1) is 21.0. The van der Waals surface area contributed by atoms with Gasteiger partial charge in [0.15, 0.2) is 0 Å². The van der Waals surface area contributed by atoms with Crippen LogP contribution in [0.3, 0.4) is 0 Å². The summed E-state index contributed by atoms with van der Waals surface area (Å²) in [7, 11) is 0. The van der Waals surface area contributed by atoms with Gasteiger partial charge in [-0.25, -0.2) is 9.59 Å². The molecule has 32 heavy (non-hydrogen) atoms. The molecule has 0 bridgehead atoms. The molecule has 3 aromatic carbocycles. The molecule has 0 aliphatic carbocycles. The fourth-order valence-electron chi connectivity index (χ4n) is 2.97. The molecule has 4 aromatic rings. The van der Waals surface area contributed by atoms with Gasteiger partial charge in [-0.05, 0) is 61.0 Å².